The lowest BCUT2D eigenvalue weighted by Crippen LogP contribution is -2.31. The van der Waals surface area contributed by atoms with Gasteiger partial charge in [0.1, 0.15) is 6.04 Å². The van der Waals surface area contributed by atoms with Crippen molar-refractivity contribution < 1.29 is 18.0 Å². The van der Waals surface area contributed by atoms with E-state index in [2.05, 4.69) is 10.6 Å². The van der Waals surface area contributed by atoms with E-state index >= 15 is 0 Å². The van der Waals surface area contributed by atoms with Crippen LogP contribution in [0, 0.1) is 0 Å². The summed E-state index contributed by atoms with van der Waals surface area (Å²) in [5.41, 5.74) is 1.14. The van der Waals surface area contributed by atoms with Crippen molar-refractivity contribution in [2.24, 2.45) is 0 Å². The second kappa shape index (κ2) is 4.80. The van der Waals surface area contributed by atoms with Crippen LogP contribution in [0.25, 0.3) is 0 Å². The molecule has 2 N–H and O–H groups in total. The summed E-state index contributed by atoms with van der Waals surface area (Å²) < 4.78 is 37.6. The van der Waals surface area contributed by atoms with Crippen LogP contribution in [0.15, 0.2) is 48.5 Å². The first-order valence-electron chi connectivity index (χ1n) is 6.29. The summed E-state index contributed by atoms with van der Waals surface area (Å²) in [6.07, 6.45) is -4.38. The number of nitrogens with one attached hydrogen (secondary N) is 2. The van der Waals surface area contributed by atoms with Crippen molar-refractivity contribution in [2.75, 3.05) is 10.6 Å². The molecule has 0 bridgehead atoms. The van der Waals surface area contributed by atoms with E-state index in [0.29, 0.717) is 11.3 Å². The third kappa shape index (κ3) is 2.56. The van der Waals surface area contributed by atoms with Gasteiger partial charge in [-0.25, -0.2) is 0 Å². The molecule has 1 heterocycles. The number of carbonyl (C=O) groups excluding carboxylic acids is 1. The molecule has 1 aliphatic heterocycles. The quantitative estimate of drug-likeness (QED) is 0.839. The number of amides is 1. The summed E-state index contributed by atoms with van der Waals surface area (Å²) in [6, 6.07) is 11.0. The Bertz CT molecular complexity index is 680. The number of benzene rings is 2. The van der Waals surface area contributed by atoms with Crippen LogP contribution < -0.4 is 10.6 Å². The third-order valence-electron chi connectivity index (χ3n) is 3.32. The lowest BCUT2D eigenvalue weighted by Gasteiger charge is -2.27. The van der Waals surface area contributed by atoms with Gasteiger partial charge in [0.05, 0.1) is 16.9 Å². The Kier molecular flexibility index (Phi) is 3.08. The first-order valence-corrected chi connectivity index (χ1v) is 6.29. The molecule has 0 fully saturated rings. The Hall–Kier alpha value is -2.50. The fourth-order valence-electron chi connectivity index (χ4n) is 2.24. The van der Waals surface area contributed by atoms with Crippen molar-refractivity contribution >= 4 is 17.3 Å². The fourth-order valence-corrected chi connectivity index (χ4v) is 2.24. The summed E-state index contributed by atoms with van der Waals surface area (Å²) in [7, 11) is 0. The van der Waals surface area contributed by atoms with Gasteiger partial charge in [0.15, 0.2) is 0 Å². The van der Waals surface area contributed by atoms with Crippen LogP contribution in [-0.4, -0.2) is 5.91 Å². The number of fused-ring (bicyclic) bond motifs is 1. The van der Waals surface area contributed by atoms with Gasteiger partial charge in [0.2, 0.25) is 0 Å². The molecule has 108 valence electrons. The van der Waals surface area contributed by atoms with Gasteiger partial charge in [0.25, 0.3) is 5.91 Å². The molecular weight excluding hydrogens is 281 g/mol. The molecule has 1 atom stereocenters. The van der Waals surface area contributed by atoms with E-state index in [1.165, 1.54) is 12.1 Å². The summed E-state index contributed by atoms with van der Waals surface area (Å²) >= 11 is 0. The van der Waals surface area contributed by atoms with Crippen LogP contribution in [0.4, 0.5) is 24.5 Å². The molecule has 1 amide bonds. The number of hydrogen-bond acceptors (Lipinski definition) is 2. The number of alkyl halides is 3. The minimum Gasteiger partial charge on any atom is -0.368 e. The largest absolute Gasteiger partial charge is 0.416 e. The Morgan fingerprint density at radius 2 is 1.52 bits per heavy atom. The van der Waals surface area contributed by atoms with Gasteiger partial charge >= 0.3 is 6.18 Å². The van der Waals surface area contributed by atoms with Gasteiger partial charge < -0.3 is 10.6 Å². The molecule has 3 nitrogen and oxygen atoms in total. The predicted molar refractivity (Wildman–Crippen MR) is 72.9 cm³/mol. The van der Waals surface area contributed by atoms with Crippen LogP contribution in [0.5, 0.6) is 0 Å². The number of halogens is 3. The number of carbonyl (C=O) groups is 1. The Morgan fingerprint density at radius 1 is 0.905 bits per heavy atom. The molecule has 0 saturated carbocycles. The number of para-hydroxylation sites is 2. The molecule has 0 unspecified atom stereocenters. The van der Waals surface area contributed by atoms with Crippen molar-refractivity contribution in [3.63, 3.8) is 0 Å². The minimum absolute atomic E-state index is 0.298. The first-order chi connectivity index (χ1) is 9.95. The summed E-state index contributed by atoms with van der Waals surface area (Å²) in [5.74, 6) is -0.298. The second-order valence-electron chi connectivity index (χ2n) is 4.73. The molecule has 6 heteroatoms. The highest BCUT2D eigenvalue weighted by molar-refractivity contribution is 6.03. The van der Waals surface area contributed by atoms with E-state index in [1.54, 1.807) is 18.2 Å². The first kappa shape index (κ1) is 13.5. The van der Waals surface area contributed by atoms with Gasteiger partial charge in [-0.2, -0.15) is 13.2 Å². The number of anilines is 2. The van der Waals surface area contributed by atoms with Crippen LogP contribution in [-0.2, 0) is 11.0 Å². The summed E-state index contributed by atoms with van der Waals surface area (Å²) in [4.78, 5) is 12.0. The SMILES string of the molecule is O=C1Nc2ccccc2N[C@@H]1c1ccc(C(F)(F)F)cc1. The van der Waals surface area contributed by atoms with Crippen molar-refractivity contribution in [3.8, 4) is 0 Å². The Morgan fingerprint density at radius 3 is 2.14 bits per heavy atom. The topological polar surface area (TPSA) is 41.1 Å². The Balaban J connectivity index is 1.89. The highest BCUT2D eigenvalue weighted by atomic mass is 19.4. The van der Waals surface area contributed by atoms with E-state index in [9.17, 15) is 18.0 Å². The maximum atomic E-state index is 12.5. The average Bonchev–Trinajstić information content (AvgIpc) is 2.46. The molecule has 3 rings (SSSR count). The second-order valence-corrected chi connectivity index (χ2v) is 4.73. The molecule has 21 heavy (non-hydrogen) atoms. The van der Waals surface area contributed by atoms with Crippen LogP contribution in [0.2, 0.25) is 0 Å². The van der Waals surface area contributed by atoms with E-state index in [0.717, 1.165) is 17.8 Å². The molecule has 0 radical (unpaired) electrons. The highest BCUT2D eigenvalue weighted by Gasteiger charge is 2.31. The standard InChI is InChI=1S/C15H11F3N2O/c16-15(17,18)10-7-5-9(6-8-10)13-14(21)20-12-4-2-1-3-11(12)19-13/h1-8,13,19H,(H,20,21)/t13-/m1/s1. The van der Waals surface area contributed by atoms with Crippen molar-refractivity contribution in [2.45, 2.75) is 12.2 Å². The van der Waals surface area contributed by atoms with Crippen LogP contribution in [0.1, 0.15) is 17.2 Å². The maximum Gasteiger partial charge on any atom is 0.416 e. The van der Waals surface area contributed by atoms with Gasteiger partial charge in [0, 0.05) is 0 Å². The van der Waals surface area contributed by atoms with E-state index in [4.69, 9.17) is 0 Å². The Labute approximate surface area is 118 Å². The molecule has 2 aromatic carbocycles. The molecule has 2 aromatic rings. The number of hydrogen-bond donors (Lipinski definition) is 2. The fraction of sp³-hybridized carbons (Fsp3) is 0.133. The van der Waals surface area contributed by atoms with Crippen LogP contribution in [0.3, 0.4) is 0 Å². The molecule has 0 aromatic heterocycles. The van der Waals surface area contributed by atoms with Crippen molar-refractivity contribution in [1.29, 1.82) is 0 Å². The molecular formula is C15H11F3N2O. The zero-order valence-corrected chi connectivity index (χ0v) is 10.7. The van der Waals surface area contributed by atoms with Crippen molar-refractivity contribution in [1.82, 2.24) is 0 Å². The smallest absolute Gasteiger partial charge is 0.368 e. The molecule has 0 saturated heterocycles. The normalized spacial score (nSPS) is 17.7. The lowest BCUT2D eigenvalue weighted by molar-refractivity contribution is -0.137. The van der Waals surface area contributed by atoms with E-state index < -0.39 is 17.8 Å². The molecule has 1 aliphatic rings. The zero-order valence-electron chi connectivity index (χ0n) is 10.7. The average molecular weight is 292 g/mol. The zero-order chi connectivity index (χ0) is 15.0. The highest BCUT2D eigenvalue weighted by Crippen LogP contribution is 2.34. The molecule has 0 spiro atoms. The van der Waals surface area contributed by atoms with Gasteiger partial charge in [-0.3, -0.25) is 4.79 Å². The summed E-state index contributed by atoms with van der Waals surface area (Å²) in [6.45, 7) is 0. The minimum atomic E-state index is -4.38. The lowest BCUT2D eigenvalue weighted by atomic mass is 10.0. The van der Waals surface area contributed by atoms with Crippen LogP contribution >= 0.6 is 0 Å². The third-order valence-corrected chi connectivity index (χ3v) is 3.32. The van der Waals surface area contributed by atoms with E-state index in [1.807, 2.05) is 6.07 Å². The molecule has 0 aliphatic carbocycles. The van der Waals surface area contributed by atoms with Crippen molar-refractivity contribution in [3.05, 3.63) is 59.7 Å². The van der Waals surface area contributed by atoms with E-state index in [-0.39, 0.29) is 5.91 Å². The van der Waals surface area contributed by atoms with Gasteiger partial charge in [-0.15, -0.1) is 0 Å². The predicted octanol–water partition coefficient (Wildman–Crippen LogP) is 3.81. The van der Waals surface area contributed by atoms with Gasteiger partial charge in [-0.05, 0) is 29.8 Å². The summed E-state index contributed by atoms with van der Waals surface area (Å²) in [5, 5.41) is 5.76. The monoisotopic (exact) mass is 292 g/mol. The van der Waals surface area contributed by atoms with Gasteiger partial charge in [-0.1, -0.05) is 24.3 Å². The maximum absolute atomic E-state index is 12.5. The number of rotatable bonds is 1.